The Morgan fingerprint density at radius 1 is 0.964 bits per heavy atom. The summed E-state index contributed by atoms with van der Waals surface area (Å²) in [5.41, 5.74) is 0.860. The zero-order chi connectivity index (χ0) is 20.1. The fourth-order valence-corrected chi connectivity index (χ4v) is 3.86. The average molecular weight is 522 g/mol. The van der Waals surface area contributed by atoms with Crippen LogP contribution in [0.15, 0.2) is 85.5 Å². The lowest BCUT2D eigenvalue weighted by atomic mass is 10.1. The molecule has 0 saturated heterocycles. The van der Waals surface area contributed by atoms with Crippen LogP contribution in [0.25, 0.3) is 6.08 Å². The normalized spacial score (nSPS) is 11.4. The highest BCUT2D eigenvalue weighted by molar-refractivity contribution is 9.10. The van der Waals surface area contributed by atoms with Crippen molar-refractivity contribution in [2.45, 2.75) is 4.90 Å². The zero-order valence-electron chi connectivity index (χ0n) is 14.8. The first-order chi connectivity index (χ1) is 13.5. The first-order valence-electron chi connectivity index (χ1n) is 8.25. The van der Waals surface area contributed by atoms with Crippen molar-refractivity contribution >= 4 is 55.5 Å². The van der Waals surface area contributed by atoms with Gasteiger partial charge in [0, 0.05) is 31.0 Å². The summed E-state index contributed by atoms with van der Waals surface area (Å²) in [5, 5.41) is 0. The van der Waals surface area contributed by atoms with Crippen LogP contribution >= 0.6 is 43.6 Å². The molecule has 0 aliphatic carbocycles. The highest BCUT2D eigenvalue weighted by Crippen LogP contribution is 2.33. The van der Waals surface area contributed by atoms with Crippen molar-refractivity contribution in [1.29, 1.82) is 0 Å². The number of hydrogen-bond acceptors (Lipinski definition) is 3. The predicted octanol–water partition coefficient (Wildman–Crippen LogP) is 7.38. The van der Waals surface area contributed by atoms with Gasteiger partial charge in [0.05, 0.1) is 12.0 Å². The van der Waals surface area contributed by atoms with Crippen molar-refractivity contribution in [3.63, 3.8) is 0 Å². The number of carbonyl (C=O) groups excluding carboxylic acids is 1. The van der Waals surface area contributed by atoms with E-state index in [1.165, 1.54) is 24.9 Å². The van der Waals surface area contributed by atoms with Crippen molar-refractivity contribution in [1.82, 2.24) is 0 Å². The molecule has 0 spiro atoms. The minimum atomic E-state index is -0.447. The molecule has 28 heavy (non-hydrogen) atoms. The van der Waals surface area contributed by atoms with Gasteiger partial charge in [0.2, 0.25) is 0 Å². The lowest BCUT2D eigenvalue weighted by Gasteiger charge is -2.09. The fraction of sp³-hybridized carbons (Fsp3) is 0.0455. The molecule has 0 amide bonds. The third-order valence-corrected chi connectivity index (χ3v) is 5.95. The summed E-state index contributed by atoms with van der Waals surface area (Å²) in [6.07, 6.45) is 1.58. The molecular weight excluding hydrogens is 507 g/mol. The molecule has 3 aromatic rings. The van der Waals surface area contributed by atoms with Crippen molar-refractivity contribution < 1.29 is 13.9 Å². The number of hydrogen-bond donors (Lipinski definition) is 0. The second kappa shape index (κ2) is 9.54. The molecular formula is C22H15Br2FO2S. The number of carbonyl (C=O) groups is 1. The van der Waals surface area contributed by atoms with E-state index in [2.05, 4.69) is 31.9 Å². The Labute approximate surface area is 184 Å². The number of ketones is 1. The van der Waals surface area contributed by atoms with E-state index >= 15 is 0 Å². The molecule has 0 radical (unpaired) electrons. The molecule has 0 N–H and O–H groups in total. The second-order valence-electron chi connectivity index (χ2n) is 5.79. The van der Waals surface area contributed by atoms with Gasteiger partial charge in [-0.2, -0.15) is 0 Å². The van der Waals surface area contributed by atoms with Crippen LogP contribution in [0.1, 0.15) is 15.9 Å². The van der Waals surface area contributed by atoms with Gasteiger partial charge in [-0.05, 0) is 66.7 Å². The first-order valence-corrected chi connectivity index (χ1v) is 10.7. The van der Waals surface area contributed by atoms with Crippen molar-refractivity contribution in [2.24, 2.45) is 0 Å². The quantitative estimate of drug-likeness (QED) is 0.192. The summed E-state index contributed by atoms with van der Waals surface area (Å²) in [6.45, 7) is 0. The van der Waals surface area contributed by atoms with Gasteiger partial charge in [0.1, 0.15) is 11.6 Å². The maximum atomic E-state index is 14.5. The maximum Gasteiger partial charge on any atom is 0.199 e. The van der Waals surface area contributed by atoms with Gasteiger partial charge in [-0.25, -0.2) is 4.39 Å². The van der Waals surface area contributed by atoms with E-state index in [4.69, 9.17) is 4.74 Å². The molecule has 0 unspecified atom stereocenters. The van der Waals surface area contributed by atoms with Gasteiger partial charge in [-0.15, -0.1) is 0 Å². The largest absolute Gasteiger partial charge is 0.497 e. The van der Waals surface area contributed by atoms with Crippen LogP contribution in [0.4, 0.5) is 4.39 Å². The minimum absolute atomic E-state index is 0.171. The monoisotopic (exact) mass is 520 g/mol. The number of allylic oxidation sites excluding steroid dienone is 1. The van der Waals surface area contributed by atoms with Crippen LogP contribution in [0.2, 0.25) is 0 Å². The molecule has 0 bridgehead atoms. The van der Waals surface area contributed by atoms with E-state index in [0.717, 1.165) is 13.8 Å². The number of benzene rings is 3. The molecule has 2 nitrogen and oxygen atoms in total. The van der Waals surface area contributed by atoms with E-state index in [1.54, 1.807) is 30.3 Å². The van der Waals surface area contributed by atoms with Crippen molar-refractivity contribution in [3.8, 4) is 5.75 Å². The molecule has 0 aliphatic heterocycles. The molecule has 0 saturated carbocycles. The molecule has 3 aromatic carbocycles. The van der Waals surface area contributed by atoms with E-state index in [-0.39, 0.29) is 5.78 Å². The van der Waals surface area contributed by atoms with E-state index in [0.29, 0.717) is 21.8 Å². The third kappa shape index (κ3) is 5.34. The molecule has 3 rings (SSSR count). The first kappa shape index (κ1) is 20.8. The summed E-state index contributed by atoms with van der Waals surface area (Å²) >= 11 is 8.08. The van der Waals surface area contributed by atoms with E-state index < -0.39 is 5.82 Å². The SMILES string of the molecule is COc1ccc(/C=C(/Sc2ccc(Br)cc2)C(=O)c2ccc(Br)cc2)c(F)c1. The molecule has 0 atom stereocenters. The van der Waals surface area contributed by atoms with Crippen molar-refractivity contribution in [3.05, 3.63) is 97.5 Å². The number of methoxy groups -OCH3 is 1. The lowest BCUT2D eigenvalue weighted by Crippen LogP contribution is -2.01. The average Bonchev–Trinajstić information content (AvgIpc) is 2.70. The highest BCUT2D eigenvalue weighted by Gasteiger charge is 2.16. The van der Waals surface area contributed by atoms with Crippen LogP contribution in [0.5, 0.6) is 5.75 Å². The van der Waals surface area contributed by atoms with Crippen LogP contribution in [0.3, 0.4) is 0 Å². The lowest BCUT2D eigenvalue weighted by molar-refractivity contribution is 0.104. The number of Topliss-reactive ketones (excluding diaryl/α,β-unsaturated/α-hetero) is 1. The van der Waals surface area contributed by atoms with Gasteiger partial charge in [-0.1, -0.05) is 43.6 Å². The van der Waals surface area contributed by atoms with Gasteiger partial charge >= 0.3 is 0 Å². The van der Waals surface area contributed by atoms with Gasteiger partial charge in [0.15, 0.2) is 5.78 Å². The highest BCUT2D eigenvalue weighted by atomic mass is 79.9. The zero-order valence-corrected chi connectivity index (χ0v) is 18.8. The Morgan fingerprint density at radius 2 is 1.57 bits per heavy atom. The standard InChI is InChI=1S/C22H15Br2FO2S/c1-27-18-9-4-15(20(25)13-18)12-21(28-19-10-7-17(24)8-11-19)22(26)14-2-5-16(23)6-3-14/h2-13H,1H3/b21-12+. The molecule has 6 heteroatoms. The van der Waals surface area contributed by atoms with Crippen LogP contribution in [-0.4, -0.2) is 12.9 Å². The van der Waals surface area contributed by atoms with Gasteiger partial charge in [0.25, 0.3) is 0 Å². The summed E-state index contributed by atoms with van der Waals surface area (Å²) in [5.74, 6) is -0.191. The summed E-state index contributed by atoms with van der Waals surface area (Å²) in [6, 6.07) is 19.3. The van der Waals surface area contributed by atoms with E-state index in [1.807, 2.05) is 36.4 Å². The Hall–Kier alpha value is -1.89. The summed E-state index contributed by atoms with van der Waals surface area (Å²) in [7, 11) is 1.48. The predicted molar refractivity (Wildman–Crippen MR) is 119 cm³/mol. The Morgan fingerprint density at radius 3 is 2.14 bits per heavy atom. The van der Waals surface area contributed by atoms with Crippen molar-refractivity contribution in [2.75, 3.05) is 7.11 Å². The Bertz CT molecular complexity index is 1020. The molecule has 142 valence electrons. The van der Waals surface area contributed by atoms with Gasteiger partial charge in [-0.3, -0.25) is 4.79 Å². The molecule has 0 aliphatic rings. The fourth-order valence-electron chi connectivity index (χ4n) is 2.41. The topological polar surface area (TPSA) is 26.3 Å². The molecule has 0 aromatic heterocycles. The summed E-state index contributed by atoms with van der Waals surface area (Å²) in [4.78, 5) is 14.4. The van der Waals surface area contributed by atoms with E-state index in [9.17, 15) is 9.18 Å². The van der Waals surface area contributed by atoms with Gasteiger partial charge < -0.3 is 4.74 Å². The van der Waals surface area contributed by atoms with Crippen LogP contribution in [-0.2, 0) is 0 Å². The number of thioether (sulfide) groups is 1. The Balaban J connectivity index is 2.01. The smallest absolute Gasteiger partial charge is 0.199 e. The summed E-state index contributed by atoms with van der Waals surface area (Å²) < 4.78 is 21.3. The Kier molecular flexibility index (Phi) is 7.10. The van der Waals surface area contributed by atoms with Crippen LogP contribution in [0, 0.1) is 5.82 Å². The van der Waals surface area contributed by atoms with Crippen LogP contribution < -0.4 is 4.74 Å². The third-order valence-electron chi connectivity index (χ3n) is 3.87. The molecule has 0 heterocycles. The number of halogens is 3. The molecule has 0 fully saturated rings. The number of ether oxygens (including phenoxy) is 1. The maximum absolute atomic E-state index is 14.5. The minimum Gasteiger partial charge on any atom is -0.497 e. The number of rotatable bonds is 6. The second-order valence-corrected chi connectivity index (χ2v) is 8.73.